The fraction of sp³-hybridized carbons (Fsp3) is 0.294. The molecule has 7 heteroatoms. The Labute approximate surface area is 139 Å². The molecule has 1 atom stereocenters. The van der Waals surface area contributed by atoms with Gasteiger partial charge >= 0.3 is 5.97 Å². The van der Waals surface area contributed by atoms with E-state index in [4.69, 9.17) is 19.0 Å². The fourth-order valence-electron chi connectivity index (χ4n) is 1.96. The van der Waals surface area contributed by atoms with E-state index >= 15 is 0 Å². The summed E-state index contributed by atoms with van der Waals surface area (Å²) >= 11 is 0. The summed E-state index contributed by atoms with van der Waals surface area (Å²) in [4.78, 5) is 22.7. The molecule has 0 fully saturated rings. The van der Waals surface area contributed by atoms with E-state index in [0.717, 1.165) is 11.3 Å². The van der Waals surface area contributed by atoms with Crippen LogP contribution in [0.2, 0.25) is 0 Å². The largest absolute Gasteiger partial charge is 0.497 e. The summed E-state index contributed by atoms with van der Waals surface area (Å²) in [6, 6.07) is 10.2. The second kappa shape index (κ2) is 8.16. The molecule has 1 aromatic carbocycles. The lowest BCUT2D eigenvalue weighted by Gasteiger charge is -2.13. The molecule has 0 aliphatic carbocycles. The Hall–Kier alpha value is -2.80. The monoisotopic (exact) mass is 333 g/mol. The van der Waals surface area contributed by atoms with Crippen LogP contribution in [-0.4, -0.2) is 30.2 Å². The molecule has 0 saturated carbocycles. The third kappa shape index (κ3) is 4.85. The minimum Gasteiger partial charge on any atom is -0.497 e. The minimum atomic E-state index is -1.15. The molecule has 0 bridgehead atoms. The number of hydrogen-bond acceptors (Lipinski definition) is 5. The number of carbonyl (C=O) groups excluding carboxylic acids is 1. The Kier molecular flexibility index (Phi) is 5.97. The first-order chi connectivity index (χ1) is 11.5. The van der Waals surface area contributed by atoms with E-state index < -0.39 is 12.1 Å². The summed E-state index contributed by atoms with van der Waals surface area (Å²) in [5.41, 5.74) is 0.895. The van der Waals surface area contributed by atoms with E-state index in [1.165, 1.54) is 12.1 Å². The van der Waals surface area contributed by atoms with Crippen LogP contribution in [0, 0.1) is 0 Å². The van der Waals surface area contributed by atoms with Crippen molar-refractivity contribution in [3.05, 3.63) is 53.5 Å². The molecule has 2 aromatic rings. The van der Waals surface area contributed by atoms with Crippen LogP contribution in [0.25, 0.3) is 0 Å². The molecule has 128 valence electrons. The van der Waals surface area contributed by atoms with Gasteiger partial charge in [0.1, 0.15) is 17.6 Å². The van der Waals surface area contributed by atoms with Crippen LogP contribution in [0.3, 0.4) is 0 Å². The quantitative estimate of drug-likeness (QED) is 0.768. The van der Waals surface area contributed by atoms with E-state index in [9.17, 15) is 9.59 Å². The van der Waals surface area contributed by atoms with Gasteiger partial charge in [-0.3, -0.25) is 4.79 Å². The number of ether oxygens (including phenoxy) is 2. The van der Waals surface area contributed by atoms with Crippen molar-refractivity contribution in [2.24, 2.45) is 0 Å². The number of aromatic carboxylic acids is 1. The number of furan rings is 1. The van der Waals surface area contributed by atoms with Gasteiger partial charge in [-0.25, -0.2) is 4.79 Å². The van der Waals surface area contributed by atoms with Gasteiger partial charge in [-0.2, -0.15) is 0 Å². The molecule has 1 unspecified atom stereocenters. The van der Waals surface area contributed by atoms with Crippen molar-refractivity contribution in [3.8, 4) is 5.75 Å². The minimum absolute atomic E-state index is 0.0962. The standard InChI is InChI=1S/C17H19NO6/c1-11(23-10-12-4-3-5-13(8-12)22-2)16(19)18-9-14-6-7-15(24-14)17(20)21/h3-8,11H,9-10H2,1-2H3,(H,18,19)(H,20,21). The Balaban J connectivity index is 1.79. The van der Waals surface area contributed by atoms with Gasteiger partial charge in [0.15, 0.2) is 0 Å². The van der Waals surface area contributed by atoms with Gasteiger partial charge in [0, 0.05) is 0 Å². The van der Waals surface area contributed by atoms with Gasteiger partial charge in [0.25, 0.3) is 0 Å². The zero-order valence-corrected chi connectivity index (χ0v) is 13.4. The maximum absolute atomic E-state index is 12.0. The molecule has 0 aliphatic heterocycles. The molecule has 0 radical (unpaired) electrons. The van der Waals surface area contributed by atoms with Crippen LogP contribution in [-0.2, 0) is 22.7 Å². The highest BCUT2D eigenvalue weighted by Crippen LogP contribution is 2.14. The molecule has 0 spiro atoms. The Morgan fingerprint density at radius 3 is 2.75 bits per heavy atom. The predicted molar refractivity (Wildman–Crippen MR) is 84.8 cm³/mol. The lowest BCUT2D eigenvalue weighted by atomic mass is 10.2. The average molecular weight is 333 g/mol. The highest BCUT2D eigenvalue weighted by molar-refractivity contribution is 5.84. The van der Waals surface area contributed by atoms with Crippen molar-refractivity contribution in [2.45, 2.75) is 26.2 Å². The van der Waals surface area contributed by atoms with Crippen molar-refractivity contribution >= 4 is 11.9 Å². The average Bonchev–Trinajstić information content (AvgIpc) is 3.07. The third-order valence-corrected chi connectivity index (χ3v) is 3.31. The van der Waals surface area contributed by atoms with E-state index in [-0.39, 0.29) is 24.8 Å². The van der Waals surface area contributed by atoms with Crippen LogP contribution in [0.4, 0.5) is 0 Å². The number of amides is 1. The highest BCUT2D eigenvalue weighted by atomic mass is 16.5. The first kappa shape index (κ1) is 17.6. The lowest BCUT2D eigenvalue weighted by molar-refractivity contribution is -0.132. The topological polar surface area (TPSA) is 98.0 Å². The number of hydrogen-bond donors (Lipinski definition) is 2. The third-order valence-electron chi connectivity index (χ3n) is 3.31. The number of carboxylic acids is 1. The number of carbonyl (C=O) groups is 2. The zero-order valence-electron chi connectivity index (χ0n) is 13.4. The normalized spacial score (nSPS) is 11.8. The van der Waals surface area contributed by atoms with E-state index in [0.29, 0.717) is 5.76 Å². The van der Waals surface area contributed by atoms with Crippen LogP contribution < -0.4 is 10.1 Å². The van der Waals surface area contributed by atoms with Crippen LogP contribution in [0.5, 0.6) is 5.75 Å². The molecule has 7 nitrogen and oxygen atoms in total. The molecule has 24 heavy (non-hydrogen) atoms. The SMILES string of the molecule is COc1cccc(COC(C)C(=O)NCc2ccc(C(=O)O)o2)c1. The first-order valence-electron chi connectivity index (χ1n) is 7.34. The van der Waals surface area contributed by atoms with Crippen LogP contribution >= 0.6 is 0 Å². The molecule has 1 amide bonds. The Morgan fingerprint density at radius 1 is 1.29 bits per heavy atom. The van der Waals surface area contributed by atoms with E-state index in [1.54, 1.807) is 14.0 Å². The van der Waals surface area contributed by atoms with Crippen LogP contribution in [0.15, 0.2) is 40.8 Å². The number of carboxylic acid groups (broad SMARTS) is 1. The van der Waals surface area contributed by atoms with Gasteiger partial charge in [-0.15, -0.1) is 0 Å². The number of nitrogens with one attached hydrogen (secondary N) is 1. The molecule has 1 heterocycles. The van der Waals surface area contributed by atoms with Crippen molar-refractivity contribution in [3.63, 3.8) is 0 Å². The van der Waals surface area contributed by atoms with Gasteiger partial charge < -0.3 is 24.3 Å². The summed E-state index contributed by atoms with van der Waals surface area (Å²) in [5.74, 6) is -0.545. The van der Waals surface area contributed by atoms with Gasteiger partial charge in [-0.1, -0.05) is 12.1 Å². The van der Waals surface area contributed by atoms with Crippen molar-refractivity contribution < 1.29 is 28.6 Å². The highest BCUT2D eigenvalue weighted by Gasteiger charge is 2.15. The lowest BCUT2D eigenvalue weighted by Crippen LogP contribution is -2.33. The molecule has 0 aliphatic rings. The van der Waals surface area contributed by atoms with Gasteiger partial charge in [0.05, 0.1) is 20.3 Å². The maximum atomic E-state index is 12.0. The maximum Gasteiger partial charge on any atom is 0.371 e. The number of benzene rings is 1. The second-order valence-corrected chi connectivity index (χ2v) is 5.09. The van der Waals surface area contributed by atoms with Crippen molar-refractivity contribution in [1.82, 2.24) is 5.32 Å². The van der Waals surface area contributed by atoms with Crippen molar-refractivity contribution in [1.29, 1.82) is 0 Å². The molecule has 1 aromatic heterocycles. The summed E-state index contributed by atoms with van der Waals surface area (Å²) in [5, 5.41) is 11.4. The first-order valence-corrected chi connectivity index (χ1v) is 7.34. The Morgan fingerprint density at radius 2 is 2.08 bits per heavy atom. The predicted octanol–water partition coefficient (Wildman–Crippen LogP) is 2.21. The summed E-state index contributed by atoms with van der Waals surface area (Å²) < 4.78 is 15.7. The van der Waals surface area contributed by atoms with Crippen molar-refractivity contribution in [2.75, 3.05) is 7.11 Å². The molecular formula is C17H19NO6. The molecule has 2 rings (SSSR count). The molecule has 2 N–H and O–H groups in total. The summed E-state index contributed by atoms with van der Waals surface area (Å²) in [6.45, 7) is 2.01. The Bertz CT molecular complexity index is 709. The van der Waals surface area contributed by atoms with Gasteiger partial charge in [0.2, 0.25) is 11.7 Å². The molecule has 0 saturated heterocycles. The van der Waals surface area contributed by atoms with E-state index in [2.05, 4.69) is 5.32 Å². The van der Waals surface area contributed by atoms with Gasteiger partial charge in [-0.05, 0) is 36.8 Å². The fourth-order valence-corrected chi connectivity index (χ4v) is 1.96. The number of rotatable bonds is 8. The smallest absolute Gasteiger partial charge is 0.371 e. The number of methoxy groups -OCH3 is 1. The van der Waals surface area contributed by atoms with E-state index in [1.807, 2.05) is 24.3 Å². The van der Waals surface area contributed by atoms with Crippen LogP contribution in [0.1, 0.15) is 28.8 Å². The second-order valence-electron chi connectivity index (χ2n) is 5.09. The summed E-state index contributed by atoms with van der Waals surface area (Å²) in [7, 11) is 1.58. The zero-order chi connectivity index (χ0) is 17.5. The summed E-state index contributed by atoms with van der Waals surface area (Å²) in [6.07, 6.45) is -0.662. The molecular weight excluding hydrogens is 314 g/mol.